The molecule has 0 aliphatic carbocycles. The number of anilines is 1. The van der Waals surface area contributed by atoms with Crippen molar-refractivity contribution in [2.45, 2.75) is 27.2 Å². The van der Waals surface area contributed by atoms with E-state index < -0.39 is 0 Å². The SMILES string of the molecule is CCc1ccc(-c2cc(C)c(C)c(N)c2)cc1. The third kappa shape index (κ3) is 2.33. The van der Waals surface area contributed by atoms with E-state index in [0.29, 0.717) is 0 Å². The number of nitrogen functional groups attached to an aromatic ring is 1. The van der Waals surface area contributed by atoms with E-state index in [1.165, 1.54) is 27.8 Å². The van der Waals surface area contributed by atoms with Gasteiger partial charge in [0.05, 0.1) is 0 Å². The van der Waals surface area contributed by atoms with Crippen LogP contribution in [0.3, 0.4) is 0 Å². The van der Waals surface area contributed by atoms with Crippen LogP contribution in [0.15, 0.2) is 36.4 Å². The van der Waals surface area contributed by atoms with Crippen LogP contribution in [0.1, 0.15) is 23.6 Å². The summed E-state index contributed by atoms with van der Waals surface area (Å²) in [5.41, 5.74) is 13.1. The molecule has 0 unspecified atom stereocenters. The first-order valence-electron chi connectivity index (χ1n) is 6.08. The van der Waals surface area contributed by atoms with Crippen molar-refractivity contribution >= 4 is 5.69 Å². The minimum Gasteiger partial charge on any atom is -0.398 e. The monoisotopic (exact) mass is 225 g/mol. The van der Waals surface area contributed by atoms with E-state index in [1.807, 2.05) is 0 Å². The lowest BCUT2D eigenvalue weighted by molar-refractivity contribution is 1.14. The molecule has 0 atom stereocenters. The van der Waals surface area contributed by atoms with Crippen LogP contribution in [0.5, 0.6) is 0 Å². The molecular weight excluding hydrogens is 206 g/mol. The maximum Gasteiger partial charge on any atom is 0.0352 e. The highest BCUT2D eigenvalue weighted by Gasteiger charge is 2.03. The van der Waals surface area contributed by atoms with E-state index in [2.05, 4.69) is 57.2 Å². The molecule has 2 aromatic carbocycles. The van der Waals surface area contributed by atoms with Crippen molar-refractivity contribution in [3.8, 4) is 11.1 Å². The molecular formula is C16H19N. The first kappa shape index (κ1) is 11.7. The lowest BCUT2D eigenvalue weighted by Gasteiger charge is -2.09. The molecule has 0 heterocycles. The highest BCUT2D eigenvalue weighted by atomic mass is 14.6. The second-order valence-corrected chi connectivity index (χ2v) is 4.56. The Morgan fingerprint density at radius 1 is 0.941 bits per heavy atom. The van der Waals surface area contributed by atoms with E-state index in [0.717, 1.165) is 12.1 Å². The van der Waals surface area contributed by atoms with Crippen molar-refractivity contribution in [1.29, 1.82) is 0 Å². The fourth-order valence-corrected chi connectivity index (χ4v) is 1.99. The number of benzene rings is 2. The zero-order valence-electron chi connectivity index (χ0n) is 10.7. The minimum atomic E-state index is 0.875. The molecule has 1 nitrogen and oxygen atoms in total. The van der Waals surface area contributed by atoms with Crippen LogP contribution >= 0.6 is 0 Å². The Labute approximate surface area is 103 Å². The number of hydrogen-bond acceptors (Lipinski definition) is 1. The number of nitrogens with two attached hydrogens (primary N) is 1. The van der Waals surface area contributed by atoms with E-state index >= 15 is 0 Å². The molecule has 0 radical (unpaired) electrons. The van der Waals surface area contributed by atoms with Crippen LogP contribution in [-0.2, 0) is 6.42 Å². The molecule has 2 rings (SSSR count). The predicted molar refractivity (Wildman–Crippen MR) is 75.1 cm³/mol. The van der Waals surface area contributed by atoms with E-state index in [-0.39, 0.29) is 0 Å². The average molecular weight is 225 g/mol. The fourth-order valence-electron chi connectivity index (χ4n) is 1.99. The Hall–Kier alpha value is -1.76. The summed E-state index contributed by atoms with van der Waals surface area (Å²) in [4.78, 5) is 0. The van der Waals surface area contributed by atoms with Gasteiger partial charge >= 0.3 is 0 Å². The average Bonchev–Trinajstić information content (AvgIpc) is 2.35. The van der Waals surface area contributed by atoms with Gasteiger partial charge in [0.2, 0.25) is 0 Å². The van der Waals surface area contributed by atoms with Gasteiger partial charge in [-0.3, -0.25) is 0 Å². The molecule has 17 heavy (non-hydrogen) atoms. The van der Waals surface area contributed by atoms with Gasteiger partial charge in [-0.2, -0.15) is 0 Å². The van der Waals surface area contributed by atoms with Gasteiger partial charge < -0.3 is 5.73 Å². The van der Waals surface area contributed by atoms with Gasteiger partial charge in [0.15, 0.2) is 0 Å². The van der Waals surface area contributed by atoms with Crippen molar-refractivity contribution in [2.75, 3.05) is 5.73 Å². The third-order valence-electron chi connectivity index (χ3n) is 3.40. The predicted octanol–water partition coefficient (Wildman–Crippen LogP) is 4.12. The zero-order valence-corrected chi connectivity index (χ0v) is 10.7. The third-order valence-corrected chi connectivity index (χ3v) is 3.40. The first-order valence-corrected chi connectivity index (χ1v) is 6.08. The van der Waals surface area contributed by atoms with Gasteiger partial charge in [-0.05, 0) is 54.2 Å². The van der Waals surface area contributed by atoms with Gasteiger partial charge in [-0.15, -0.1) is 0 Å². The molecule has 0 amide bonds. The summed E-state index contributed by atoms with van der Waals surface area (Å²) in [6, 6.07) is 13.0. The molecule has 0 aliphatic heterocycles. The lowest BCUT2D eigenvalue weighted by atomic mass is 9.98. The van der Waals surface area contributed by atoms with Crippen LogP contribution < -0.4 is 5.73 Å². The van der Waals surface area contributed by atoms with Crippen molar-refractivity contribution in [1.82, 2.24) is 0 Å². The van der Waals surface area contributed by atoms with Crippen LogP contribution in [0, 0.1) is 13.8 Å². The topological polar surface area (TPSA) is 26.0 Å². The summed E-state index contributed by atoms with van der Waals surface area (Å²) in [5, 5.41) is 0. The molecule has 2 aromatic rings. The van der Waals surface area contributed by atoms with Gasteiger partial charge in [-0.25, -0.2) is 0 Å². The molecule has 0 aromatic heterocycles. The van der Waals surface area contributed by atoms with Crippen LogP contribution in [0.4, 0.5) is 5.69 Å². The lowest BCUT2D eigenvalue weighted by Crippen LogP contribution is -1.93. The molecule has 0 spiro atoms. The Morgan fingerprint density at radius 3 is 2.12 bits per heavy atom. The Balaban J connectivity index is 2.45. The zero-order chi connectivity index (χ0) is 12.4. The van der Waals surface area contributed by atoms with Gasteiger partial charge in [-0.1, -0.05) is 37.3 Å². The summed E-state index contributed by atoms with van der Waals surface area (Å²) in [6.07, 6.45) is 1.08. The maximum atomic E-state index is 6.01. The van der Waals surface area contributed by atoms with Crippen LogP contribution in [0.2, 0.25) is 0 Å². The summed E-state index contributed by atoms with van der Waals surface area (Å²) in [7, 11) is 0. The van der Waals surface area contributed by atoms with Gasteiger partial charge in [0.25, 0.3) is 0 Å². The Morgan fingerprint density at radius 2 is 1.59 bits per heavy atom. The highest BCUT2D eigenvalue weighted by Crippen LogP contribution is 2.26. The van der Waals surface area contributed by atoms with Crippen molar-refractivity contribution < 1.29 is 0 Å². The quantitative estimate of drug-likeness (QED) is 0.764. The molecule has 88 valence electrons. The summed E-state index contributed by atoms with van der Waals surface area (Å²) in [5.74, 6) is 0. The molecule has 0 bridgehead atoms. The largest absolute Gasteiger partial charge is 0.398 e. The number of hydrogen-bond donors (Lipinski definition) is 1. The smallest absolute Gasteiger partial charge is 0.0352 e. The molecule has 0 aliphatic rings. The highest BCUT2D eigenvalue weighted by molar-refractivity contribution is 5.70. The fraction of sp³-hybridized carbons (Fsp3) is 0.250. The molecule has 2 N–H and O–H groups in total. The van der Waals surface area contributed by atoms with Crippen LogP contribution in [0.25, 0.3) is 11.1 Å². The normalized spacial score (nSPS) is 10.5. The second kappa shape index (κ2) is 4.62. The molecule has 0 saturated heterocycles. The molecule has 0 saturated carbocycles. The molecule has 0 fully saturated rings. The second-order valence-electron chi connectivity index (χ2n) is 4.56. The standard InChI is InChI=1S/C16H19N/c1-4-13-5-7-14(8-6-13)15-9-11(2)12(3)16(17)10-15/h5-10H,4,17H2,1-3H3. The van der Waals surface area contributed by atoms with Gasteiger partial charge in [0, 0.05) is 5.69 Å². The summed E-state index contributed by atoms with van der Waals surface area (Å²) < 4.78 is 0. The minimum absolute atomic E-state index is 0.875. The summed E-state index contributed by atoms with van der Waals surface area (Å²) in [6.45, 7) is 6.34. The van der Waals surface area contributed by atoms with Crippen molar-refractivity contribution in [2.24, 2.45) is 0 Å². The first-order chi connectivity index (χ1) is 8.11. The van der Waals surface area contributed by atoms with E-state index in [9.17, 15) is 0 Å². The van der Waals surface area contributed by atoms with E-state index in [1.54, 1.807) is 0 Å². The Bertz CT molecular complexity index is 501. The Kier molecular flexibility index (Phi) is 3.19. The maximum absolute atomic E-state index is 6.01. The molecule has 1 heteroatoms. The van der Waals surface area contributed by atoms with Crippen molar-refractivity contribution in [3.63, 3.8) is 0 Å². The van der Waals surface area contributed by atoms with Crippen molar-refractivity contribution in [3.05, 3.63) is 53.1 Å². The van der Waals surface area contributed by atoms with E-state index in [4.69, 9.17) is 5.73 Å². The van der Waals surface area contributed by atoms with Gasteiger partial charge in [0.1, 0.15) is 0 Å². The summed E-state index contributed by atoms with van der Waals surface area (Å²) >= 11 is 0. The number of rotatable bonds is 2. The number of aryl methyl sites for hydroxylation is 2. The van der Waals surface area contributed by atoms with Crippen LogP contribution in [-0.4, -0.2) is 0 Å².